The Balaban J connectivity index is 1.51. The van der Waals surface area contributed by atoms with E-state index in [4.69, 9.17) is 4.74 Å². The van der Waals surface area contributed by atoms with E-state index in [2.05, 4.69) is 22.6 Å². The van der Waals surface area contributed by atoms with E-state index in [1.165, 1.54) is 0 Å². The van der Waals surface area contributed by atoms with Crippen molar-refractivity contribution in [3.63, 3.8) is 0 Å². The van der Waals surface area contributed by atoms with Crippen molar-refractivity contribution >= 4 is 11.6 Å². The fourth-order valence-electron chi connectivity index (χ4n) is 2.81. The van der Waals surface area contributed by atoms with Crippen LogP contribution in [0.25, 0.3) is 0 Å². The first kappa shape index (κ1) is 13.2. The van der Waals surface area contributed by atoms with Crippen LogP contribution >= 0.6 is 0 Å². The van der Waals surface area contributed by atoms with E-state index in [9.17, 15) is 4.79 Å². The van der Waals surface area contributed by atoms with Crippen LogP contribution in [0, 0.1) is 5.92 Å². The molecule has 0 spiro atoms. The van der Waals surface area contributed by atoms with E-state index in [-0.39, 0.29) is 5.91 Å². The number of carbonyl (C=O) groups excluding carboxylic acids is 1. The minimum absolute atomic E-state index is 0.0263. The highest BCUT2D eigenvalue weighted by molar-refractivity contribution is 5.83. The summed E-state index contributed by atoms with van der Waals surface area (Å²) in [6.45, 7) is 3.44. The van der Waals surface area contributed by atoms with Gasteiger partial charge in [-0.05, 0) is 38.1 Å². The van der Waals surface area contributed by atoms with Crippen LogP contribution in [0.3, 0.4) is 0 Å². The Morgan fingerprint density at radius 2 is 2.35 bits per heavy atom. The second kappa shape index (κ2) is 5.71. The maximum atomic E-state index is 12.2. The Labute approximate surface area is 119 Å². The molecule has 2 N–H and O–H groups in total. The molecule has 5 heteroatoms. The number of fused-ring (bicyclic) bond motifs is 1. The number of carbonyl (C=O) groups is 1. The van der Waals surface area contributed by atoms with Crippen LogP contribution in [0.2, 0.25) is 0 Å². The van der Waals surface area contributed by atoms with E-state index in [0.29, 0.717) is 12.5 Å². The highest BCUT2D eigenvalue weighted by Gasteiger charge is 2.27. The van der Waals surface area contributed by atoms with Gasteiger partial charge in [0.05, 0.1) is 12.2 Å². The summed E-state index contributed by atoms with van der Waals surface area (Å²) in [5, 5.41) is 6.25. The molecule has 1 amide bonds. The number of likely N-dealkylation sites (tertiary alicyclic amines) is 1. The third kappa shape index (κ3) is 2.88. The molecule has 5 nitrogen and oxygen atoms in total. The monoisotopic (exact) mass is 275 g/mol. The van der Waals surface area contributed by atoms with Gasteiger partial charge in [0, 0.05) is 13.1 Å². The van der Waals surface area contributed by atoms with Crippen molar-refractivity contribution in [1.82, 2.24) is 10.2 Å². The number of nitrogens with zero attached hydrogens (tertiary/aromatic N) is 1. The first-order chi connectivity index (χ1) is 9.72. The molecule has 0 radical (unpaired) electrons. The summed E-state index contributed by atoms with van der Waals surface area (Å²) in [5.74, 6) is 1.29. The second-order valence-corrected chi connectivity index (χ2v) is 5.65. The summed E-state index contributed by atoms with van der Waals surface area (Å²) >= 11 is 0. The predicted octanol–water partition coefficient (Wildman–Crippen LogP) is 0.927. The quantitative estimate of drug-likeness (QED) is 0.861. The summed E-state index contributed by atoms with van der Waals surface area (Å²) in [6, 6.07) is 7.70. The van der Waals surface area contributed by atoms with E-state index >= 15 is 0 Å². The number of amides is 1. The fraction of sp³-hybridized carbons (Fsp3) is 0.533. The van der Waals surface area contributed by atoms with Gasteiger partial charge >= 0.3 is 0 Å². The zero-order valence-corrected chi connectivity index (χ0v) is 11.8. The van der Waals surface area contributed by atoms with Gasteiger partial charge in [-0.3, -0.25) is 4.79 Å². The molecule has 1 saturated heterocycles. The number of anilines is 1. The summed E-state index contributed by atoms with van der Waals surface area (Å²) in [6.07, 6.45) is 0.715. The average Bonchev–Trinajstić information content (AvgIpc) is 2.90. The number of rotatable bonds is 3. The summed E-state index contributed by atoms with van der Waals surface area (Å²) in [7, 11) is 2.12. The zero-order chi connectivity index (χ0) is 13.9. The molecule has 1 aromatic rings. The van der Waals surface area contributed by atoms with Crippen LogP contribution in [0.1, 0.15) is 6.42 Å². The van der Waals surface area contributed by atoms with E-state index in [0.717, 1.165) is 37.5 Å². The van der Waals surface area contributed by atoms with Gasteiger partial charge in [-0.2, -0.15) is 0 Å². The molecule has 0 saturated carbocycles. The van der Waals surface area contributed by atoms with Gasteiger partial charge in [0.2, 0.25) is 0 Å². The number of hydrogen-bond donors (Lipinski definition) is 2. The van der Waals surface area contributed by atoms with Gasteiger partial charge in [0.15, 0.2) is 6.10 Å². The van der Waals surface area contributed by atoms with Crippen LogP contribution in [0.4, 0.5) is 5.69 Å². The van der Waals surface area contributed by atoms with E-state index in [1.807, 2.05) is 24.3 Å². The molecule has 20 heavy (non-hydrogen) atoms. The molecular weight excluding hydrogens is 254 g/mol. The molecule has 2 heterocycles. The molecule has 2 aliphatic heterocycles. The Bertz CT molecular complexity index is 492. The second-order valence-electron chi connectivity index (χ2n) is 5.65. The van der Waals surface area contributed by atoms with Gasteiger partial charge < -0.3 is 20.3 Å². The lowest BCUT2D eigenvalue weighted by atomic mass is 10.1. The standard InChI is InChI=1S/C15H21N3O2/c1-18-7-6-11(10-18)8-17-15(19)14-9-16-12-4-2-3-5-13(12)20-14/h2-5,11,14,16H,6-10H2,1H3,(H,17,19). The number of benzene rings is 1. The maximum absolute atomic E-state index is 12.2. The lowest BCUT2D eigenvalue weighted by Gasteiger charge is -2.26. The minimum Gasteiger partial charge on any atom is -0.477 e. The highest BCUT2D eigenvalue weighted by Crippen LogP contribution is 2.28. The van der Waals surface area contributed by atoms with Crippen molar-refractivity contribution in [2.24, 2.45) is 5.92 Å². The lowest BCUT2D eigenvalue weighted by molar-refractivity contribution is -0.127. The van der Waals surface area contributed by atoms with Crippen LogP contribution < -0.4 is 15.4 Å². The van der Waals surface area contributed by atoms with Crippen LogP contribution in [0.15, 0.2) is 24.3 Å². The first-order valence-electron chi connectivity index (χ1n) is 7.18. The molecule has 1 aromatic carbocycles. The van der Waals surface area contributed by atoms with Gasteiger partial charge in [-0.15, -0.1) is 0 Å². The van der Waals surface area contributed by atoms with Crippen molar-refractivity contribution in [1.29, 1.82) is 0 Å². The summed E-state index contributed by atoms with van der Waals surface area (Å²) < 4.78 is 5.75. The van der Waals surface area contributed by atoms with E-state index in [1.54, 1.807) is 0 Å². The van der Waals surface area contributed by atoms with Crippen molar-refractivity contribution in [3.8, 4) is 5.75 Å². The summed E-state index contributed by atoms with van der Waals surface area (Å²) in [5.41, 5.74) is 0.953. The van der Waals surface area contributed by atoms with Crippen LogP contribution in [0.5, 0.6) is 5.75 Å². The predicted molar refractivity (Wildman–Crippen MR) is 78.0 cm³/mol. The Hall–Kier alpha value is -1.75. The highest BCUT2D eigenvalue weighted by atomic mass is 16.5. The van der Waals surface area contributed by atoms with Crippen molar-refractivity contribution in [3.05, 3.63) is 24.3 Å². The van der Waals surface area contributed by atoms with Gasteiger partial charge in [0.25, 0.3) is 5.91 Å². The van der Waals surface area contributed by atoms with E-state index < -0.39 is 6.10 Å². The molecule has 0 aromatic heterocycles. The zero-order valence-electron chi connectivity index (χ0n) is 11.8. The topological polar surface area (TPSA) is 53.6 Å². The van der Waals surface area contributed by atoms with Crippen molar-refractivity contribution < 1.29 is 9.53 Å². The third-order valence-corrected chi connectivity index (χ3v) is 3.98. The van der Waals surface area contributed by atoms with Gasteiger partial charge in [0.1, 0.15) is 5.75 Å². The largest absolute Gasteiger partial charge is 0.477 e. The number of nitrogens with one attached hydrogen (secondary N) is 2. The molecule has 0 aliphatic carbocycles. The third-order valence-electron chi connectivity index (χ3n) is 3.98. The SMILES string of the molecule is CN1CCC(CNC(=O)C2CNc3ccccc3O2)C1. The van der Waals surface area contributed by atoms with Gasteiger partial charge in [-0.1, -0.05) is 12.1 Å². The van der Waals surface area contributed by atoms with Crippen LogP contribution in [-0.2, 0) is 4.79 Å². The number of hydrogen-bond acceptors (Lipinski definition) is 4. The molecule has 3 rings (SSSR count). The first-order valence-corrected chi connectivity index (χ1v) is 7.18. The van der Waals surface area contributed by atoms with Gasteiger partial charge in [-0.25, -0.2) is 0 Å². The number of ether oxygens (including phenoxy) is 1. The van der Waals surface area contributed by atoms with Crippen molar-refractivity contribution in [2.75, 3.05) is 38.5 Å². The normalized spacial score (nSPS) is 25.4. The molecular formula is C15H21N3O2. The lowest BCUT2D eigenvalue weighted by Crippen LogP contribution is -2.46. The van der Waals surface area contributed by atoms with Crippen LogP contribution in [-0.4, -0.2) is 50.1 Å². The maximum Gasteiger partial charge on any atom is 0.262 e. The minimum atomic E-state index is -0.441. The Morgan fingerprint density at radius 3 is 3.15 bits per heavy atom. The molecule has 0 bridgehead atoms. The fourth-order valence-corrected chi connectivity index (χ4v) is 2.81. The molecule has 2 atom stereocenters. The Morgan fingerprint density at radius 1 is 1.50 bits per heavy atom. The van der Waals surface area contributed by atoms with Crippen molar-refractivity contribution in [2.45, 2.75) is 12.5 Å². The molecule has 108 valence electrons. The Kier molecular flexibility index (Phi) is 3.78. The smallest absolute Gasteiger partial charge is 0.262 e. The molecule has 2 unspecified atom stereocenters. The summed E-state index contributed by atoms with van der Waals surface area (Å²) in [4.78, 5) is 14.5. The molecule has 2 aliphatic rings. The molecule has 1 fully saturated rings. The number of para-hydroxylation sites is 2. The average molecular weight is 275 g/mol.